The number of likely N-dealkylation sites (N-methyl/N-ethyl adjacent to an activating group) is 1. The summed E-state index contributed by atoms with van der Waals surface area (Å²) in [4.78, 5) is 41.5. The van der Waals surface area contributed by atoms with Crippen LogP contribution in [0.1, 0.15) is 44.9 Å². The lowest BCUT2D eigenvalue weighted by Gasteiger charge is -2.23. The molecule has 1 heterocycles. The molecule has 4 aromatic carbocycles. The Bertz CT molecular complexity index is 1920. The highest BCUT2D eigenvalue weighted by atomic mass is 35.5. The third-order valence-corrected chi connectivity index (χ3v) is 8.10. The average Bonchev–Trinajstić information content (AvgIpc) is 3.31. The summed E-state index contributed by atoms with van der Waals surface area (Å²) in [5.41, 5.74) is 0.514. The molecule has 0 aliphatic rings. The summed E-state index contributed by atoms with van der Waals surface area (Å²) in [6.07, 6.45) is -4.78. The molecule has 0 radical (unpaired) electrons. The Kier molecular flexibility index (Phi) is 9.20. The van der Waals surface area contributed by atoms with Gasteiger partial charge in [0.15, 0.2) is 0 Å². The molecule has 1 atom stereocenters. The van der Waals surface area contributed by atoms with Crippen LogP contribution in [0.15, 0.2) is 97.1 Å². The first-order chi connectivity index (χ1) is 21.9. The van der Waals surface area contributed by atoms with Crippen LogP contribution in [0.2, 0.25) is 5.02 Å². The molecule has 0 bridgehead atoms. The Hall–Kier alpha value is -5.09. The summed E-state index contributed by atoms with van der Waals surface area (Å²) >= 11 is 6.76. The number of alkyl halides is 3. The topological polar surface area (TPSA) is 83.4 Å². The predicted molar refractivity (Wildman–Crippen MR) is 173 cm³/mol. The van der Waals surface area contributed by atoms with E-state index in [0.29, 0.717) is 28.6 Å². The van der Waals surface area contributed by atoms with Gasteiger partial charge in [-0.15, -0.1) is 0 Å². The van der Waals surface area contributed by atoms with Crippen LogP contribution < -0.4 is 15.5 Å². The number of benzene rings is 4. The second-order valence-electron chi connectivity index (χ2n) is 10.6. The van der Waals surface area contributed by atoms with Gasteiger partial charge in [-0.2, -0.15) is 13.2 Å². The first kappa shape index (κ1) is 32.3. The Balaban J connectivity index is 1.53. The van der Waals surface area contributed by atoms with Crippen LogP contribution >= 0.6 is 11.6 Å². The molecule has 5 aromatic rings. The van der Waals surface area contributed by atoms with Gasteiger partial charge in [-0.3, -0.25) is 14.4 Å². The number of amides is 3. The van der Waals surface area contributed by atoms with Gasteiger partial charge in [0.25, 0.3) is 11.8 Å². The zero-order valence-electron chi connectivity index (χ0n) is 25.2. The Morgan fingerprint density at radius 1 is 0.913 bits per heavy atom. The van der Waals surface area contributed by atoms with Crippen molar-refractivity contribution in [2.45, 2.75) is 19.1 Å². The molecule has 3 amide bonds. The van der Waals surface area contributed by atoms with Gasteiger partial charge in [0, 0.05) is 31.7 Å². The second kappa shape index (κ2) is 13.1. The van der Waals surface area contributed by atoms with Gasteiger partial charge in [-0.1, -0.05) is 84.4 Å². The van der Waals surface area contributed by atoms with Gasteiger partial charge in [0.05, 0.1) is 21.7 Å². The van der Waals surface area contributed by atoms with E-state index in [1.807, 2.05) is 0 Å². The van der Waals surface area contributed by atoms with E-state index >= 15 is 0 Å². The first-order valence-corrected chi connectivity index (χ1v) is 14.8. The average molecular weight is 647 g/mol. The number of carbonyl (C=O) groups is 3. The molecule has 0 aliphatic heterocycles. The molecule has 2 N–H and O–H groups in total. The number of nitrogens with one attached hydrogen (secondary N) is 2. The zero-order valence-corrected chi connectivity index (χ0v) is 25.9. The van der Waals surface area contributed by atoms with Crippen molar-refractivity contribution >= 4 is 45.9 Å². The highest BCUT2D eigenvalue weighted by Crippen LogP contribution is 2.39. The molecule has 1 aromatic heterocycles. The molecule has 0 spiro atoms. The number of hydrogen-bond acceptors (Lipinski definition) is 3. The standard InChI is InChI=1S/C35H30ClF3N4O3/c1-4-40-32(44)30(22-14-9-6-10-15-22)41-33(45)31-29(36)25-20-23(18-19-27(25)43(31)3)42(2)34(46)28-24(21-12-7-5-8-13-21)16-11-17-26(28)35(37,38)39/h5-20,30H,4H2,1-3H3,(H,40,44)(H,41,45). The Morgan fingerprint density at radius 2 is 1.57 bits per heavy atom. The van der Waals surface area contributed by atoms with E-state index in [0.717, 1.165) is 11.0 Å². The van der Waals surface area contributed by atoms with Crippen molar-refractivity contribution in [2.75, 3.05) is 18.5 Å². The fourth-order valence-electron chi connectivity index (χ4n) is 5.43. The lowest BCUT2D eigenvalue weighted by molar-refractivity contribution is -0.137. The number of hydrogen-bond donors (Lipinski definition) is 2. The van der Waals surface area contributed by atoms with Crippen molar-refractivity contribution in [3.05, 3.63) is 124 Å². The van der Waals surface area contributed by atoms with Crippen molar-refractivity contribution < 1.29 is 27.6 Å². The molecule has 0 saturated heterocycles. The number of halogens is 4. The molecule has 11 heteroatoms. The maximum Gasteiger partial charge on any atom is 0.417 e. The number of aromatic nitrogens is 1. The molecule has 0 fully saturated rings. The number of nitrogens with zero attached hydrogens (tertiary/aromatic N) is 2. The van der Waals surface area contributed by atoms with Crippen molar-refractivity contribution in [3.8, 4) is 11.1 Å². The van der Waals surface area contributed by atoms with E-state index < -0.39 is 41.1 Å². The molecular weight excluding hydrogens is 617 g/mol. The smallest absolute Gasteiger partial charge is 0.354 e. The van der Waals surface area contributed by atoms with Crippen molar-refractivity contribution in [2.24, 2.45) is 7.05 Å². The van der Waals surface area contributed by atoms with Crippen LogP contribution in [0.4, 0.5) is 18.9 Å². The summed E-state index contributed by atoms with van der Waals surface area (Å²) in [6, 6.07) is 24.5. The van der Waals surface area contributed by atoms with Crippen molar-refractivity contribution in [1.82, 2.24) is 15.2 Å². The fourth-order valence-corrected chi connectivity index (χ4v) is 5.80. The van der Waals surface area contributed by atoms with Gasteiger partial charge in [-0.05, 0) is 47.9 Å². The molecule has 1 unspecified atom stereocenters. The number of anilines is 1. The van der Waals surface area contributed by atoms with E-state index in [4.69, 9.17) is 11.6 Å². The molecule has 5 rings (SSSR count). The third-order valence-electron chi connectivity index (χ3n) is 7.72. The van der Waals surface area contributed by atoms with E-state index in [1.54, 1.807) is 97.4 Å². The zero-order chi connectivity index (χ0) is 33.2. The number of rotatable bonds is 8. The number of fused-ring (bicyclic) bond motifs is 1. The highest BCUT2D eigenvalue weighted by molar-refractivity contribution is 6.39. The Morgan fingerprint density at radius 3 is 2.20 bits per heavy atom. The van der Waals surface area contributed by atoms with Gasteiger partial charge >= 0.3 is 6.18 Å². The van der Waals surface area contributed by atoms with Crippen LogP contribution in [0.5, 0.6) is 0 Å². The van der Waals surface area contributed by atoms with Crippen molar-refractivity contribution in [3.63, 3.8) is 0 Å². The summed E-state index contributed by atoms with van der Waals surface area (Å²) in [6.45, 7) is 2.13. The lowest BCUT2D eigenvalue weighted by Crippen LogP contribution is -2.40. The van der Waals surface area contributed by atoms with Crippen LogP contribution in [0, 0.1) is 0 Å². The summed E-state index contributed by atoms with van der Waals surface area (Å²) in [5, 5.41) is 5.95. The largest absolute Gasteiger partial charge is 0.417 e. The van der Waals surface area contributed by atoms with E-state index in [1.165, 1.54) is 19.2 Å². The van der Waals surface area contributed by atoms with Crippen LogP contribution in [0.25, 0.3) is 22.0 Å². The maximum atomic E-state index is 14.2. The summed E-state index contributed by atoms with van der Waals surface area (Å²) in [5.74, 6) is -1.88. The van der Waals surface area contributed by atoms with Crippen molar-refractivity contribution in [1.29, 1.82) is 0 Å². The second-order valence-corrected chi connectivity index (χ2v) is 11.0. The normalized spacial score (nSPS) is 12.1. The highest BCUT2D eigenvalue weighted by Gasteiger charge is 2.38. The van der Waals surface area contributed by atoms with Crippen LogP contribution in [0.3, 0.4) is 0 Å². The summed E-state index contributed by atoms with van der Waals surface area (Å²) < 4.78 is 44.1. The SMILES string of the molecule is CCNC(=O)C(NC(=O)c1c(Cl)c2cc(N(C)C(=O)c3c(-c4ccccc4)cccc3C(F)(F)F)ccc2n1C)c1ccccc1. The number of carbonyl (C=O) groups excluding carboxylic acids is 3. The third kappa shape index (κ3) is 6.21. The van der Waals surface area contributed by atoms with Gasteiger partial charge < -0.3 is 20.1 Å². The van der Waals surface area contributed by atoms with E-state index in [-0.39, 0.29) is 22.0 Å². The summed E-state index contributed by atoms with van der Waals surface area (Å²) in [7, 11) is 3.01. The van der Waals surface area contributed by atoms with Gasteiger partial charge in [-0.25, -0.2) is 0 Å². The minimum absolute atomic E-state index is 0.0566. The molecule has 0 aliphatic carbocycles. The minimum Gasteiger partial charge on any atom is -0.354 e. The molecule has 0 saturated carbocycles. The first-order valence-electron chi connectivity index (χ1n) is 14.4. The fraction of sp³-hybridized carbons (Fsp3) is 0.171. The van der Waals surface area contributed by atoms with Crippen LogP contribution in [-0.2, 0) is 18.0 Å². The van der Waals surface area contributed by atoms with Gasteiger partial charge in [0.1, 0.15) is 11.7 Å². The quantitative estimate of drug-likeness (QED) is 0.184. The van der Waals surface area contributed by atoms with Crippen LogP contribution in [-0.4, -0.2) is 35.9 Å². The molecule has 46 heavy (non-hydrogen) atoms. The van der Waals surface area contributed by atoms with E-state index in [2.05, 4.69) is 10.6 Å². The molecular formula is C35H30ClF3N4O3. The monoisotopic (exact) mass is 646 g/mol. The maximum absolute atomic E-state index is 14.2. The number of aryl methyl sites for hydroxylation is 1. The minimum atomic E-state index is -4.78. The molecule has 7 nitrogen and oxygen atoms in total. The molecule has 236 valence electrons. The van der Waals surface area contributed by atoms with E-state index in [9.17, 15) is 27.6 Å². The van der Waals surface area contributed by atoms with Gasteiger partial charge in [0.2, 0.25) is 5.91 Å². The Labute approximate surface area is 268 Å². The lowest BCUT2D eigenvalue weighted by atomic mass is 9.94. The predicted octanol–water partition coefficient (Wildman–Crippen LogP) is 7.40.